The van der Waals surface area contributed by atoms with Crippen molar-refractivity contribution in [3.8, 4) is 11.4 Å². The molecule has 3 nitrogen and oxygen atoms in total. The van der Waals surface area contributed by atoms with E-state index in [9.17, 15) is 0 Å². The summed E-state index contributed by atoms with van der Waals surface area (Å²) in [5.41, 5.74) is 9.79. The minimum absolute atomic E-state index is 0.743. The van der Waals surface area contributed by atoms with E-state index in [0.29, 0.717) is 0 Å². The van der Waals surface area contributed by atoms with Crippen molar-refractivity contribution in [2.24, 2.45) is 0 Å². The highest BCUT2D eigenvalue weighted by molar-refractivity contribution is 5.66. The summed E-state index contributed by atoms with van der Waals surface area (Å²) >= 11 is 0. The number of pyridine rings is 1. The first kappa shape index (κ1) is 9.90. The molecule has 0 atom stereocenters. The number of aryl methyl sites for hydroxylation is 1. The Kier molecular flexibility index (Phi) is 2.11. The van der Waals surface area contributed by atoms with Crippen LogP contribution in [-0.4, -0.2) is 9.38 Å². The van der Waals surface area contributed by atoms with E-state index in [1.54, 1.807) is 0 Å². The van der Waals surface area contributed by atoms with E-state index < -0.39 is 0 Å². The van der Waals surface area contributed by atoms with Gasteiger partial charge in [0.15, 0.2) is 0 Å². The number of benzene rings is 1. The van der Waals surface area contributed by atoms with E-state index in [1.165, 1.54) is 0 Å². The molecule has 0 aliphatic carbocycles. The van der Waals surface area contributed by atoms with Gasteiger partial charge in [-0.2, -0.15) is 0 Å². The number of hydrogen-bond donors (Lipinski definition) is 1. The third kappa shape index (κ3) is 1.56. The molecule has 0 saturated carbocycles. The van der Waals surface area contributed by atoms with Crippen LogP contribution in [0.3, 0.4) is 0 Å². The molecule has 3 rings (SSSR count). The molecule has 2 aromatic heterocycles. The zero-order valence-corrected chi connectivity index (χ0v) is 9.59. The van der Waals surface area contributed by atoms with E-state index in [0.717, 1.165) is 28.3 Å². The zero-order valence-electron chi connectivity index (χ0n) is 9.59. The van der Waals surface area contributed by atoms with Gasteiger partial charge in [0.2, 0.25) is 0 Å². The topological polar surface area (TPSA) is 43.3 Å². The SMILES string of the molecule is Cc1nc(-c2ccccc2)n2cc(N)ccc12. The fraction of sp³-hybridized carbons (Fsp3) is 0.0714. The van der Waals surface area contributed by atoms with Crippen LogP contribution in [0.4, 0.5) is 5.69 Å². The maximum Gasteiger partial charge on any atom is 0.144 e. The molecule has 0 amide bonds. The molecule has 0 spiro atoms. The van der Waals surface area contributed by atoms with Crippen molar-refractivity contribution >= 4 is 11.2 Å². The van der Waals surface area contributed by atoms with Crippen molar-refractivity contribution in [3.05, 3.63) is 54.4 Å². The predicted molar refractivity (Wildman–Crippen MR) is 69.8 cm³/mol. The normalized spacial score (nSPS) is 10.9. The summed E-state index contributed by atoms with van der Waals surface area (Å²) in [6.45, 7) is 2.01. The molecule has 3 heteroatoms. The summed E-state index contributed by atoms with van der Waals surface area (Å²) in [4.78, 5) is 4.61. The second kappa shape index (κ2) is 3.63. The van der Waals surface area contributed by atoms with E-state index in [1.807, 2.05) is 47.9 Å². The fourth-order valence-corrected chi connectivity index (χ4v) is 2.05. The highest BCUT2D eigenvalue weighted by Crippen LogP contribution is 2.23. The number of hydrogen-bond acceptors (Lipinski definition) is 2. The lowest BCUT2D eigenvalue weighted by Crippen LogP contribution is -1.92. The Balaban J connectivity index is 2.34. The van der Waals surface area contributed by atoms with Crippen LogP contribution in [0.25, 0.3) is 16.9 Å². The number of nitrogens with two attached hydrogens (primary N) is 1. The Morgan fingerprint density at radius 3 is 2.59 bits per heavy atom. The molecule has 2 heterocycles. The summed E-state index contributed by atoms with van der Waals surface area (Å²) in [7, 11) is 0. The third-order valence-electron chi connectivity index (χ3n) is 2.88. The standard InChI is InChI=1S/C14H13N3/c1-10-13-8-7-12(15)9-17(13)14(16-10)11-5-3-2-4-6-11/h2-9H,15H2,1H3. The van der Waals surface area contributed by atoms with Crippen LogP contribution < -0.4 is 5.73 Å². The first-order valence-corrected chi connectivity index (χ1v) is 5.55. The Hall–Kier alpha value is -2.29. The van der Waals surface area contributed by atoms with Crippen molar-refractivity contribution in [3.63, 3.8) is 0 Å². The number of rotatable bonds is 1. The van der Waals surface area contributed by atoms with Crippen molar-refractivity contribution in [1.29, 1.82) is 0 Å². The van der Waals surface area contributed by atoms with Gasteiger partial charge in [0.1, 0.15) is 5.82 Å². The van der Waals surface area contributed by atoms with E-state index in [2.05, 4.69) is 17.1 Å². The van der Waals surface area contributed by atoms with Gasteiger partial charge in [0.25, 0.3) is 0 Å². The van der Waals surface area contributed by atoms with Crippen LogP contribution in [0.2, 0.25) is 0 Å². The smallest absolute Gasteiger partial charge is 0.144 e. The molecular weight excluding hydrogens is 210 g/mol. The van der Waals surface area contributed by atoms with Crippen molar-refractivity contribution in [2.45, 2.75) is 6.92 Å². The quantitative estimate of drug-likeness (QED) is 0.689. The lowest BCUT2D eigenvalue weighted by molar-refractivity contribution is 1.16. The van der Waals surface area contributed by atoms with Gasteiger partial charge in [-0.3, -0.25) is 4.40 Å². The predicted octanol–water partition coefficient (Wildman–Crippen LogP) is 2.89. The van der Waals surface area contributed by atoms with Gasteiger partial charge in [-0.1, -0.05) is 30.3 Å². The van der Waals surface area contributed by atoms with E-state index in [4.69, 9.17) is 5.73 Å². The summed E-state index contributed by atoms with van der Waals surface area (Å²) in [5, 5.41) is 0. The lowest BCUT2D eigenvalue weighted by atomic mass is 10.2. The zero-order chi connectivity index (χ0) is 11.8. The molecule has 0 radical (unpaired) electrons. The number of nitrogen functional groups attached to an aromatic ring is 1. The van der Waals surface area contributed by atoms with Gasteiger partial charge in [0.05, 0.1) is 11.2 Å². The van der Waals surface area contributed by atoms with Crippen LogP contribution in [0, 0.1) is 6.92 Å². The number of nitrogens with zero attached hydrogens (tertiary/aromatic N) is 2. The number of aromatic nitrogens is 2. The number of imidazole rings is 1. The Labute approximate surface area is 99.5 Å². The summed E-state index contributed by atoms with van der Waals surface area (Å²) < 4.78 is 2.04. The average Bonchev–Trinajstić information content (AvgIpc) is 2.67. The van der Waals surface area contributed by atoms with Crippen molar-refractivity contribution in [2.75, 3.05) is 5.73 Å². The Morgan fingerprint density at radius 2 is 1.82 bits per heavy atom. The summed E-state index contributed by atoms with van der Waals surface area (Å²) in [5.74, 6) is 0.936. The Morgan fingerprint density at radius 1 is 1.06 bits per heavy atom. The van der Waals surface area contributed by atoms with Gasteiger partial charge in [-0.15, -0.1) is 0 Å². The molecule has 0 unspecified atom stereocenters. The van der Waals surface area contributed by atoms with Crippen molar-refractivity contribution < 1.29 is 0 Å². The van der Waals surface area contributed by atoms with Crippen LogP contribution in [0.1, 0.15) is 5.69 Å². The molecule has 0 fully saturated rings. The molecule has 0 saturated heterocycles. The molecule has 2 N–H and O–H groups in total. The third-order valence-corrected chi connectivity index (χ3v) is 2.88. The van der Waals surface area contributed by atoms with Crippen LogP contribution in [0.5, 0.6) is 0 Å². The number of anilines is 1. The minimum atomic E-state index is 0.743. The van der Waals surface area contributed by atoms with Gasteiger partial charge >= 0.3 is 0 Å². The molecule has 0 aliphatic rings. The van der Waals surface area contributed by atoms with Crippen LogP contribution >= 0.6 is 0 Å². The number of fused-ring (bicyclic) bond motifs is 1. The molecule has 1 aromatic carbocycles. The molecule has 0 bridgehead atoms. The minimum Gasteiger partial charge on any atom is -0.398 e. The second-order valence-electron chi connectivity index (χ2n) is 4.10. The average molecular weight is 223 g/mol. The molecule has 84 valence electrons. The maximum absolute atomic E-state index is 5.83. The summed E-state index contributed by atoms with van der Waals surface area (Å²) in [6, 6.07) is 14.0. The molecule has 17 heavy (non-hydrogen) atoms. The summed E-state index contributed by atoms with van der Waals surface area (Å²) in [6.07, 6.45) is 1.91. The van der Waals surface area contributed by atoms with Crippen molar-refractivity contribution in [1.82, 2.24) is 9.38 Å². The first-order valence-electron chi connectivity index (χ1n) is 5.55. The molecular formula is C14H13N3. The van der Waals surface area contributed by atoms with Gasteiger partial charge in [0, 0.05) is 17.4 Å². The highest BCUT2D eigenvalue weighted by atomic mass is 15.0. The fourth-order valence-electron chi connectivity index (χ4n) is 2.05. The van der Waals surface area contributed by atoms with E-state index in [-0.39, 0.29) is 0 Å². The maximum atomic E-state index is 5.83. The van der Waals surface area contributed by atoms with E-state index >= 15 is 0 Å². The molecule has 0 aliphatic heterocycles. The highest BCUT2D eigenvalue weighted by Gasteiger charge is 2.09. The van der Waals surface area contributed by atoms with Crippen LogP contribution in [-0.2, 0) is 0 Å². The first-order chi connectivity index (χ1) is 8.25. The van der Waals surface area contributed by atoms with Gasteiger partial charge in [-0.25, -0.2) is 4.98 Å². The second-order valence-corrected chi connectivity index (χ2v) is 4.10. The molecule has 3 aromatic rings. The lowest BCUT2D eigenvalue weighted by Gasteiger charge is -2.02. The monoisotopic (exact) mass is 223 g/mol. The van der Waals surface area contributed by atoms with Gasteiger partial charge in [-0.05, 0) is 19.1 Å². The Bertz CT molecular complexity index is 669. The van der Waals surface area contributed by atoms with Crippen LogP contribution in [0.15, 0.2) is 48.7 Å². The largest absolute Gasteiger partial charge is 0.398 e. The van der Waals surface area contributed by atoms with Gasteiger partial charge < -0.3 is 5.73 Å².